The van der Waals surface area contributed by atoms with Gasteiger partial charge in [0.15, 0.2) is 0 Å². The lowest BCUT2D eigenvalue weighted by atomic mass is 9.88. The Morgan fingerprint density at radius 3 is 2.53 bits per heavy atom. The van der Waals surface area contributed by atoms with Crippen LogP contribution in [0.15, 0.2) is 18.3 Å². The SMILES string of the molecule is CC(C)(C)CCC(O)c1ccc(Cl)nc1. The van der Waals surface area contributed by atoms with Crippen molar-refractivity contribution in [2.75, 3.05) is 0 Å². The van der Waals surface area contributed by atoms with Crippen LogP contribution < -0.4 is 0 Å². The van der Waals surface area contributed by atoms with Gasteiger partial charge in [0.25, 0.3) is 0 Å². The fourth-order valence-corrected chi connectivity index (χ4v) is 1.43. The second kappa shape index (κ2) is 4.95. The molecule has 0 spiro atoms. The lowest BCUT2D eigenvalue weighted by Gasteiger charge is -2.20. The average molecular weight is 228 g/mol. The number of halogens is 1. The van der Waals surface area contributed by atoms with Gasteiger partial charge in [0, 0.05) is 6.20 Å². The molecule has 2 nitrogen and oxygen atoms in total. The monoisotopic (exact) mass is 227 g/mol. The first kappa shape index (κ1) is 12.5. The predicted molar refractivity (Wildman–Crippen MR) is 62.9 cm³/mol. The molecule has 0 fully saturated rings. The summed E-state index contributed by atoms with van der Waals surface area (Å²) in [5.74, 6) is 0. The molecule has 1 atom stereocenters. The number of aliphatic hydroxyl groups is 1. The third-order valence-corrected chi connectivity index (χ3v) is 2.53. The summed E-state index contributed by atoms with van der Waals surface area (Å²) in [6.07, 6.45) is 2.94. The Balaban J connectivity index is 2.54. The Labute approximate surface area is 96.3 Å². The minimum Gasteiger partial charge on any atom is -0.388 e. The summed E-state index contributed by atoms with van der Waals surface area (Å²) in [6, 6.07) is 3.53. The summed E-state index contributed by atoms with van der Waals surface area (Å²) in [5.41, 5.74) is 1.09. The Kier molecular flexibility index (Phi) is 4.12. The number of nitrogens with zero attached hydrogens (tertiary/aromatic N) is 1. The Bertz CT molecular complexity index is 302. The van der Waals surface area contributed by atoms with E-state index in [0.29, 0.717) is 5.15 Å². The second-order valence-corrected chi connectivity index (χ2v) is 5.42. The Morgan fingerprint density at radius 2 is 2.07 bits per heavy atom. The molecule has 84 valence electrons. The zero-order valence-corrected chi connectivity index (χ0v) is 10.3. The molecule has 15 heavy (non-hydrogen) atoms. The standard InChI is InChI=1S/C12H18ClNO/c1-12(2,3)7-6-10(15)9-4-5-11(13)14-8-9/h4-5,8,10,15H,6-7H2,1-3H3. The first-order valence-corrected chi connectivity index (χ1v) is 5.56. The molecule has 1 aromatic heterocycles. The Morgan fingerprint density at radius 1 is 1.40 bits per heavy atom. The van der Waals surface area contributed by atoms with Crippen molar-refractivity contribution in [2.24, 2.45) is 5.41 Å². The molecular weight excluding hydrogens is 210 g/mol. The van der Waals surface area contributed by atoms with E-state index in [4.69, 9.17) is 11.6 Å². The van der Waals surface area contributed by atoms with E-state index in [1.165, 1.54) is 0 Å². The van der Waals surface area contributed by atoms with Crippen LogP contribution in [0.1, 0.15) is 45.3 Å². The Hall–Kier alpha value is -0.600. The molecule has 0 saturated heterocycles. The normalized spacial score (nSPS) is 13.9. The highest BCUT2D eigenvalue weighted by Crippen LogP contribution is 2.27. The number of rotatable bonds is 3. The van der Waals surface area contributed by atoms with E-state index in [0.717, 1.165) is 18.4 Å². The van der Waals surface area contributed by atoms with Gasteiger partial charge >= 0.3 is 0 Å². The summed E-state index contributed by atoms with van der Waals surface area (Å²) in [6.45, 7) is 6.50. The van der Waals surface area contributed by atoms with Crippen molar-refractivity contribution >= 4 is 11.6 Å². The molecule has 0 aromatic carbocycles. The van der Waals surface area contributed by atoms with Crippen LogP contribution in [0.3, 0.4) is 0 Å². The van der Waals surface area contributed by atoms with E-state index in [2.05, 4.69) is 25.8 Å². The first-order valence-electron chi connectivity index (χ1n) is 5.18. The van der Waals surface area contributed by atoms with Crippen LogP contribution in [0.5, 0.6) is 0 Å². The molecule has 0 radical (unpaired) electrons. The van der Waals surface area contributed by atoms with Crippen LogP contribution in [0.4, 0.5) is 0 Å². The van der Waals surface area contributed by atoms with E-state index in [9.17, 15) is 5.11 Å². The second-order valence-electron chi connectivity index (χ2n) is 5.03. The minimum absolute atomic E-state index is 0.251. The lowest BCUT2D eigenvalue weighted by Crippen LogP contribution is -2.08. The maximum atomic E-state index is 9.89. The largest absolute Gasteiger partial charge is 0.388 e. The molecule has 1 N–H and O–H groups in total. The summed E-state index contributed by atoms with van der Waals surface area (Å²) >= 11 is 5.67. The van der Waals surface area contributed by atoms with Gasteiger partial charge in [-0.1, -0.05) is 38.4 Å². The molecule has 1 rings (SSSR count). The van der Waals surface area contributed by atoms with Crippen LogP contribution >= 0.6 is 11.6 Å². The van der Waals surface area contributed by atoms with E-state index in [-0.39, 0.29) is 5.41 Å². The molecule has 1 unspecified atom stereocenters. The summed E-state index contributed by atoms with van der Waals surface area (Å²) in [5, 5.41) is 10.4. The van der Waals surface area contributed by atoms with Gasteiger partial charge in [-0.3, -0.25) is 0 Å². The van der Waals surface area contributed by atoms with Gasteiger partial charge in [-0.25, -0.2) is 4.98 Å². The van der Waals surface area contributed by atoms with Gasteiger partial charge in [0.05, 0.1) is 6.10 Å². The lowest BCUT2D eigenvalue weighted by molar-refractivity contribution is 0.147. The van der Waals surface area contributed by atoms with Crippen LogP contribution in [0.25, 0.3) is 0 Å². The maximum Gasteiger partial charge on any atom is 0.129 e. The van der Waals surface area contributed by atoms with Crippen molar-refractivity contribution in [2.45, 2.75) is 39.7 Å². The zero-order chi connectivity index (χ0) is 11.5. The number of aromatic nitrogens is 1. The quantitative estimate of drug-likeness (QED) is 0.801. The third kappa shape index (κ3) is 4.63. The molecule has 0 saturated carbocycles. The fourth-order valence-electron chi connectivity index (χ4n) is 1.32. The van der Waals surface area contributed by atoms with Crippen LogP contribution in [0, 0.1) is 5.41 Å². The molecule has 0 amide bonds. The van der Waals surface area contributed by atoms with Gasteiger partial charge in [0.1, 0.15) is 5.15 Å². The van der Waals surface area contributed by atoms with Crippen molar-refractivity contribution in [3.05, 3.63) is 29.0 Å². The number of pyridine rings is 1. The van der Waals surface area contributed by atoms with Crippen LogP contribution in [-0.2, 0) is 0 Å². The fraction of sp³-hybridized carbons (Fsp3) is 0.583. The van der Waals surface area contributed by atoms with Gasteiger partial charge < -0.3 is 5.11 Å². The van der Waals surface area contributed by atoms with Gasteiger partial charge in [0.2, 0.25) is 0 Å². The van der Waals surface area contributed by atoms with Gasteiger partial charge in [-0.15, -0.1) is 0 Å². The highest BCUT2D eigenvalue weighted by Gasteiger charge is 2.14. The molecular formula is C12H18ClNO. The number of aliphatic hydroxyl groups excluding tert-OH is 1. The predicted octanol–water partition coefficient (Wildman–Crippen LogP) is 3.59. The smallest absolute Gasteiger partial charge is 0.129 e. The summed E-state index contributed by atoms with van der Waals surface area (Å²) in [7, 11) is 0. The van der Waals surface area contributed by atoms with E-state index in [1.807, 2.05) is 6.07 Å². The highest BCUT2D eigenvalue weighted by atomic mass is 35.5. The molecule has 0 aliphatic rings. The third-order valence-electron chi connectivity index (χ3n) is 2.30. The summed E-state index contributed by atoms with van der Waals surface area (Å²) < 4.78 is 0. The average Bonchev–Trinajstić information content (AvgIpc) is 2.14. The van der Waals surface area contributed by atoms with Crippen molar-refractivity contribution in [1.82, 2.24) is 4.98 Å². The van der Waals surface area contributed by atoms with Crippen molar-refractivity contribution in [3.63, 3.8) is 0 Å². The maximum absolute atomic E-state index is 9.89. The molecule has 1 aromatic rings. The molecule has 3 heteroatoms. The van der Waals surface area contributed by atoms with E-state index < -0.39 is 6.10 Å². The first-order chi connectivity index (χ1) is 6.88. The zero-order valence-electron chi connectivity index (χ0n) is 9.50. The van der Waals surface area contributed by atoms with Gasteiger partial charge in [-0.2, -0.15) is 0 Å². The topological polar surface area (TPSA) is 33.1 Å². The highest BCUT2D eigenvalue weighted by molar-refractivity contribution is 6.29. The van der Waals surface area contributed by atoms with E-state index >= 15 is 0 Å². The van der Waals surface area contributed by atoms with Crippen LogP contribution in [-0.4, -0.2) is 10.1 Å². The van der Waals surface area contributed by atoms with Crippen molar-refractivity contribution < 1.29 is 5.11 Å². The van der Waals surface area contributed by atoms with Gasteiger partial charge in [-0.05, 0) is 29.9 Å². The van der Waals surface area contributed by atoms with Crippen LogP contribution in [0.2, 0.25) is 5.15 Å². The molecule has 0 aliphatic carbocycles. The van der Waals surface area contributed by atoms with E-state index in [1.54, 1.807) is 12.3 Å². The van der Waals surface area contributed by atoms with Crippen molar-refractivity contribution in [3.8, 4) is 0 Å². The number of hydrogen-bond acceptors (Lipinski definition) is 2. The minimum atomic E-state index is -0.436. The molecule has 0 bridgehead atoms. The van der Waals surface area contributed by atoms with Crippen molar-refractivity contribution in [1.29, 1.82) is 0 Å². The summed E-state index contributed by atoms with van der Waals surface area (Å²) in [4.78, 5) is 3.95. The molecule has 0 aliphatic heterocycles. The number of hydrogen-bond donors (Lipinski definition) is 1. The molecule has 1 heterocycles.